The molecule has 0 saturated heterocycles. The number of nitriles is 1. The summed E-state index contributed by atoms with van der Waals surface area (Å²) in [5.41, 5.74) is 3.04. The molecule has 0 spiro atoms. The van der Waals surface area contributed by atoms with Crippen molar-refractivity contribution >= 4 is 0 Å². The maximum absolute atomic E-state index is 9.39. The van der Waals surface area contributed by atoms with Crippen LogP contribution in [-0.2, 0) is 0 Å². The van der Waals surface area contributed by atoms with E-state index in [4.69, 9.17) is 9.26 Å². The molecule has 4 heteroatoms. The highest BCUT2D eigenvalue weighted by molar-refractivity contribution is 5.30. The number of aromatic nitrogens is 1. The minimum absolute atomic E-state index is 0.187. The molecule has 1 heterocycles. The molecule has 0 fully saturated rings. The second-order valence-corrected chi connectivity index (χ2v) is 6.13. The van der Waals surface area contributed by atoms with Crippen molar-refractivity contribution in [1.82, 2.24) is 5.16 Å². The third kappa shape index (κ3) is 4.35. The molecule has 1 unspecified atom stereocenters. The molecular formula is C19H24N2O2. The maximum Gasteiger partial charge on any atom is 0.138 e. The SMILES string of the molecule is Cc1noc(C)c1C(C#N)CCCOc1ccc(C(C)C)cc1. The summed E-state index contributed by atoms with van der Waals surface area (Å²) in [5.74, 6) is 1.95. The van der Waals surface area contributed by atoms with Gasteiger partial charge in [-0.3, -0.25) is 0 Å². The second kappa shape index (κ2) is 7.82. The van der Waals surface area contributed by atoms with Gasteiger partial charge in [0.15, 0.2) is 0 Å². The molecule has 23 heavy (non-hydrogen) atoms. The number of nitrogens with zero attached hydrogens (tertiary/aromatic N) is 2. The van der Waals surface area contributed by atoms with Crippen LogP contribution in [0.1, 0.15) is 61.1 Å². The van der Waals surface area contributed by atoms with E-state index in [2.05, 4.69) is 37.2 Å². The normalized spacial score (nSPS) is 12.2. The third-order valence-electron chi connectivity index (χ3n) is 4.05. The average Bonchev–Trinajstić information content (AvgIpc) is 2.87. The van der Waals surface area contributed by atoms with Crippen molar-refractivity contribution in [3.05, 3.63) is 46.8 Å². The standard InChI is InChI=1S/C19H24N2O2/c1-13(2)16-7-9-18(10-8-16)22-11-5-6-17(12-20)19-14(3)21-23-15(19)4/h7-10,13,17H,5-6,11H2,1-4H3. The monoisotopic (exact) mass is 312 g/mol. The smallest absolute Gasteiger partial charge is 0.138 e. The average molecular weight is 312 g/mol. The summed E-state index contributed by atoms with van der Waals surface area (Å²) in [4.78, 5) is 0. The summed E-state index contributed by atoms with van der Waals surface area (Å²) in [6.45, 7) is 8.68. The lowest BCUT2D eigenvalue weighted by molar-refractivity contribution is 0.304. The van der Waals surface area contributed by atoms with Gasteiger partial charge < -0.3 is 9.26 Å². The van der Waals surface area contributed by atoms with E-state index < -0.39 is 0 Å². The van der Waals surface area contributed by atoms with Crippen molar-refractivity contribution < 1.29 is 9.26 Å². The van der Waals surface area contributed by atoms with E-state index in [0.717, 1.165) is 35.6 Å². The van der Waals surface area contributed by atoms with Crippen LogP contribution in [0.2, 0.25) is 0 Å². The lowest BCUT2D eigenvalue weighted by Crippen LogP contribution is -2.03. The number of rotatable bonds is 7. The molecule has 1 aromatic heterocycles. The summed E-state index contributed by atoms with van der Waals surface area (Å²) in [6, 6.07) is 10.6. The first-order valence-corrected chi connectivity index (χ1v) is 8.08. The number of hydrogen-bond donors (Lipinski definition) is 0. The third-order valence-corrected chi connectivity index (χ3v) is 4.05. The molecule has 122 valence electrons. The lowest BCUT2D eigenvalue weighted by Gasteiger charge is -2.11. The molecule has 0 N–H and O–H groups in total. The first kappa shape index (κ1) is 17.1. The Morgan fingerprint density at radius 2 is 1.91 bits per heavy atom. The van der Waals surface area contributed by atoms with Crippen LogP contribution in [0.3, 0.4) is 0 Å². The van der Waals surface area contributed by atoms with E-state index in [1.165, 1.54) is 5.56 Å². The topological polar surface area (TPSA) is 59.0 Å². The summed E-state index contributed by atoms with van der Waals surface area (Å²) < 4.78 is 10.9. The van der Waals surface area contributed by atoms with Gasteiger partial charge in [-0.2, -0.15) is 5.26 Å². The van der Waals surface area contributed by atoms with Gasteiger partial charge in [-0.15, -0.1) is 0 Å². The van der Waals surface area contributed by atoms with Crippen molar-refractivity contribution in [2.75, 3.05) is 6.61 Å². The first-order chi connectivity index (χ1) is 11.0. The largest absolute Gasteiger partial charge is 0.494 e. The van der Waals surface area contributed by atoms with E-state index in [1.54, 1.807) is 0 Å². The molecule has 0 radical (unpaired) electrons. The summed E-state index contributed by atoms with van der Waals surface area (Å²) >= 11 is 0. The molecule has 2 rings (SSSR count). The van der Waals surface area contributed by atoms with Crippen molar-refractivity contribution in [3.8, 4) is 11.8 Å². The van der Waals surface area contributed by atoms with Crippen LogP contribution in [0.25, 0.3) is 0 Å². The fourth-order valence-electron chi connectivity index (χ4n) is 2.69. The number of hydrogen-bond acceptors (Lipinski definition) is 4. The summed E-state index contributed by atoms with van der Waals surface area (Å²) in [5, 5.41) is 13.3. The fourth-order valence-corrected chi connectivity index (χ4v) is 2.69. The molecule has 1 aromatic carbocycles. The van der Waals surface area contributed by atoms with Crippen LogP contribution in [0.4, 0.5) is 0 Å². The molecular weight excluding hydrogens is 288 g/mol. The molecule has 4 nitrogen and oxygen atoms in total. The molecule has 0 saturated carbocycles. The van der Waals surface area contributed by atoms with Crippen LogP contribution in [-0.4, -0.2) is 11.8 Å². The Bertz CT molecular complexity index is 646. The van der Waals surface area contributed by atoms with Crippen LogP contribution in [0.5, 0.6) is 5.75 Å². The van der Waals surface area contributed by atoms with E-state index in [1.807, 2.05) is 26.0 Å². The van der Waals surface area contributed by atoms with E-state index in [0.29, 0.717) is 12.5 Å². The quantitative estimate of drug-likeness (QED) is 0.684. The number of benzene rings is 1. The Morgan fingerprint density at radius 1 is 1.22 bits per heavy atom. The highest BCUT2D eigenvalue weighted by Crippen LogP contribution is 2.27. The molecule has 2 aromatic rings. The van der Waals surface area contributed by atoms with E-state index in [-0.39, 0.29) is 5.92 Å². The molecule has 0 aliphatic carbocycles. The van der Waals surface area contributed by atoms with E-state index >= 15 is 0 Å². The Labute approximate surface area is 138 Å². The molecule has 0 bridgehead atoms. The zero-order valence-electron chi connectivity index (χ0n) is 14.3. The van der Waals surface area contributed by atoms with Gasteiger partial charge in [0.2, 0.25) is 0 Å². The van der Waals surface area contributed by atoms with Gasteiger partial charge >= 0.3 is 0 Å². The highest BCUT2D eigenvalue weighted by atomic mass is 16.5. The van der Waals surface area contributed by atoms with Crippen molar-refractivity contribution in [3.63, 3.8) is 0 Å². The Morgan fingerprint density at radius 3 is 2.43 bits per heavy atom. The van der Waals surface area contributed by atoms with Gasteiger partial charge in [0.05, 0.1) is 24.3 Å². The maximum atomic E-state index is 9.39. The predicted octanol–water partition coefficient (Wildman–Crippen LogP) is 4.88. The van der Waals surface area contributed by atoms with Gasteiger partial charge in [-0.1, -0.05) is 31.1 Å². The zero-order valence-corrected chi connectivity index (χ0v) is 14.3. The van der Waals surface area contributed by atoms with Gasteiger partial charge in [-0.25, -0.2) is 0 Å². The number of ether oxygens (including phenoxy) is 1. The summed E-state index contributed by atoms with van der Waals surface area (Å²) in [6.07, 6.45) is 1.55. The molecule has 0 amide bonds. The minimum Gasteiger partial charge on any atom is -0.494 e. The lowest BCUT2D eigenvalue weighted by atomic mass is 9.94. The highest BCUT2D eigenvalue weighted by Gasteiger charge is 2.19. The zero-order chi connectivity index (χ0) is 16.8. The fraction of sp³-hybridized carbons (Fsp3) is 0.474. The molecule has 0 aliphatic heterocycles. The Balaban J connectivity index is 1.83. The molecule has 0 aliphatic rings. The number of aryl methyl sites for hydroxylation is 2. The Kier molecular flexibility index (Phi) is 5.81. The first-order valence-electron chi connectivity index (χ1n) is 8.08. The van der Waals surface area contributed by atoms with Crippen molar-refractivity contribution in [2.45, 2.75) is 52.4 Å². The summed E-state index contributed by atoms with van der Waals surface area (Å²) in [7, 11) is 0. The van der Waals surface area contributed by atoms with Gasteiger partial charge in [-0.05, 0) is 50.3 Å². The van der Waals surface area contributed by atoms with Gasteiger partial charge in [0, 0.05) is 5.56 Å². The minimum atomic E-state index is -0.187. The second-order valence-electron chi connectivity index (χ2n) is 6.13. The van der Waals surface area contributed by atoms with Crippen LogP contribution in [0, 0.1) is 25.2 Å². The van der Waals surface area contributed by atoms with Crippen LogP contribution >= 0.6 is 0 Å². The van der Waals surface area contributed by atoms with Crippen LogP contribution in [0.15, 0.2) is 28.8 Å². The van der Waals surface area contributed by atoms with Crippen molar-refractivity contribution in [1.29, 1.82) is 5.26 Å². The molecule has 1 atom stereocenters. The Hall–Kier alpha value is -2.28. The van der Waals surface area contributed by atoms with Gasteiger partial charge in [0.1, 0.15) is 11.5 Å². The van der Waals surface area contributed by atoms with Gasteiger partial charge in [0.25, 0.3) is 0 Å². The predicted molar refractivity (Wildman–Crippen MR) is 89.6 cm³/mol. The van der Waals surface area contributed by atoms with E-state index in [9.17, 15) is 5.26 Å². The van der Waals surface area contributed by atoms with Crippen molar-refractivity contribution in [2.24, 2.45) is 0 Å². The van der Waals surface area contributed by atoms with Crippen LogP contribution < -0.4 is 4.74 Å².